The summed E-state index contributed by atoms with van der Waals surface area (Å²) in [5, 5.41) is 4.06. The quantitative estimate of drug-likeness (QED) is 0.747. The topological polar surface area (TPSA) is 63.8 Å². The molecule has 3 rings (SSSR count). The SMILES string of the molecule is CC(C)(C)c1nsc(NCCc2coc(-c3ccc(F)cc3)n2)n1. The van der Waals surface area contributed by atoms with Crippen molar-refractivity contribution in [1.29, 1.82) is 0 Å². The van der Waals surface area contributed by atoms with Crippen molar-refractivity contribution in [3.63, 3.8) is 0 Å². The van der Waals surface area contributed by atoms with Crippen LogP contribution in [0.2, 0.25) is 0 Å². The second-order valence-electron chi connectivity index (χ2n) is 6.50. The summed E-state index contributed by atoms with van der Waals surface area (Å²) in [6.45, 7) is 6.95. The van der Waals surface area contributed by atoms with Gasteiger partial charge in [-0.05, 0) is 24.3 Å². The van der Waals surface area contributed by atoms with E-state index >= 15 is 0 Å². The highest BCUT2D eigenvalue weighted by atomic mass is 32.1. The van der Waals surface area contributed by atoms with Crippen molar-refractivity contribution in [2.24, 2.45) is 0 Å². The highest BCUT2D eigenvalue weighted by molar-refractivity contribution is 7.09. The first kappa shape index (κ1) is 16.6. The predicted octanol–water partition coefficient (Wildman–Crippen LogP) is 4.28. The second-order valence-corrected chi connectivity index (χ2v) is 7.25. The van der Waals surface area contributed by atoms with Gasteiger partial charge in [0.25, 0.3) is 0 Å². The van der Waals surface area contributed by atoms with Crippen molar-refractivity contribution in [2.75, 3.05) is 11.9 Å². The van der Waals surface area contributed by atoms with Crippen LogP contribution in [0.1, 0.15) is 32.3 Å². The number of hydrogen-bond donors (Lipinski definition) is 1. The zero-order valence-corrected chi connectivity index (χ0v) is 14.7. The molecular weight excluding hydrogens is 327 g/mol. The lowest BCUT2D eigenvalue weighted by atomic mass is 9.96. The van der Waals surface area contributed by atoms with Crippen molar-refractivity contribution >= 4 is 16.7 Å². The smallest absolute Gasteiger partial charge is 0.226 e. The van der Waals surface area contributed by atoms with Crippen molar-refractivity contribution in [1.82, 2.24) is 14.3 Å². The third-order valence-electron chi connectivity index (χ3n) is 3.40. The van der Waals surface area contributed by atoms with Crippen molar-refractivity contribution < 1.29 is 8.81 Å². The molecule has 1 aromatic carbocycles. The van der Waals surface area contributed by atoms with Crippen molar-refractivity contribution in [3.8, 4) is 11.5 Å². The number of nitrogens with one attached hydrogen (secondary N) is 1. The first-order valence-corrected chi connectivity index (χ1v) is 8.47. The van der Waals surface area contributed by atoms with Crippen LogP contribution in [-0.2, 0) is 11.8 Å². The summed E-state index contributed by atoms with van der Waals surface area (Å²) in [5.41, 5.74) is 1.55. The summed E-state index contributed by atoms with van der Waals surface area (Å²) in [4.78, 5) is 8.91. The maximum Gasteiger partial charge on any atom is 0.226 e. The standard InChI is InChI=1S/C17H19FN4OS/c1-17(2,3)15-21-16(24-22-15)19-9-8-13-10-23-14(20-13)11-4-6-12(18)7-5-11/h4-7,10H,8-9H2,1-3H3,(H,19,21,22). The number of hydrogen-bond acceptors (Lipinski definition) is 6. The van der Waals surface area contributed by atoms with E-state index in [1.54, 1.807) is 18.4 Å². The van der Waals surface area contributed by atoms with Crippen LogP contribution in [0.15, 0.2) is 34.9 Å². The van der Waals surface area contributed by atoms with Gasteiger partial charge in [-0.25, -0.2) is 14.4 Å². The van der Waals surface area contributed by atoms with E-state index in [1.165, 1.54) is 23.7 Å². The molecule has 0 saturated heterocycles. The van der Waals surface area contributed by atoms with E-state index in [4.69, 9.17) is 4.42 Å². The molecule has 0 bridgehead atoms. The molecule has 1 N–H and O–H groups in total. The Balaban J connectivity index is 1.56. The molecule has 0 spiro atoms. The lowest BCUT2D eigenvalue weighted by Crippen LogP contribution is -2.13. The minimum atomic E-state index is -0.276. The molecular formula is C17H19FN4OS. The van der Waals surface area contributed by atoms with Gasteiger partial charge in [0.1, 0.15) is 17.9 Å². The van der Waals surface area contributed by atoms with E-state index in [9.17, 15) is 4.39 Å². The molecule has 0 unspecified atom stereocenters. The molecule has 5 nitrogen and oxygen atoms in total. The molecule has 0 aliphatic heterocycles. The molecule has 0 radical (unpaired) electrons. The lowest BCUT2D eigenvalue weighted by molar-refractivity contribution is 0.555. The van der Waals surface area contributed by atoms with Crippen molar-refractivity contribution in [3.05, 3.63) is 47.9 Å². The number of anilines is 1. The molecule has 0 saturated carbocycles. The minimum Gasteiger partial charge on any atom is -0.444 e. The van der Waals surface area contributed by atoms with Gasteiger partial charge in [0.05, 0.1) is 5.69 Å². The lowest BCUT2D eigenvalue weighted by Gasteiger charge is -2.12. The Morgan fingerprint density at radius 2 is 1.92 bits per heavy atom. The summed E-state index contributed by atoms with van der Waals surface area (Å²) < 4.78 is 22.8. The van der Waals surface area contributed by atoms with E-state index in [0.717, 1.165) is 22.2 Å². The number of nitrogens with zero attached hydrogens (tertiary/aromatic N) is 3. The molecule has 0 aliphatic rings. The van der Waals surface area contributed by atoms with Gasteiger partial charge >= 0.3 is 0 Å². The van der Waals surface area contributed by atoms with Crippen LogP contribution in [0, 0.1) is 5.82 Å². The number of benzene rings is 1. The van der Waals surface area contributed by atoms with Gasteiger partial charge in [0.2, 0.25) is 11.0 Å². The number of rotatable bonds is 5. The largest absolute Gasteiger partial charge is 0.444 e. The van der Waals surface area contributed by atoms with Crippen LogP contribution < -0.4 is 5.32 Å². The summed E-state index contributed by atoms with van der Waals surface area (Å²) in [6, 6.07) is 6.09. The molecule has 0 fully saturated rings. The Labute approximate surface area is 144 Å². The average molecular weight is 346 g/mol. The first-order chi connectivity index (χ1) is 11.4. The van der Waals surface area contributed by atoms with Crippen LogP contribution in [-0.4, -0.2) is 20.9 Å². The number of oxazole rings is 1. The van der Waals surface area contributed by atoms with Crippen LogP contribution in [0.3, 0.4) is 0 Å². The molecule has 0 atom stereocenters. The van der Waals surface area contributed by atoms with Gasteiger partial charge in [-0.1, -0.05) is 20.8 Å². The fourth-order valence-corrected chi connectivity index (χ4v) is 2.83. The Hall–Kier alpha value is -2.28. The maximum atomic E-state index is 12.9. The van der Waals surface area contributed by atoms with E-state index in [1.807, 2.05) is 0 Å². The zero-order valence-electron chi connectivity index (χ0n) is 13.8. The fraction of sp³-hybridized carbons (Fsp3) is 0.353. The van der Waals surface area contributed by atoms with Crippen LogP contribution in [0.25, 0.3) is 11.5 Å². The van der Waals surface area contributed by atoms with E-state index in [-0.39, 0.29) is 11.2 Å². The third kappa shape index (κ3) is 3.97. The molecule has 7 heteroatoms. The Morgan fingerprint density at radius 1 is 1.17 bits per heavy atom. The Kier molecular flexibility index (Phi) is 4.62. The van der Waals surface area contributed by atoms with Crippen LogP contribution >= 0.6 is 11.5 Å². The normalized spacial score (nSPS) is 11.7. The van der Waals surface area contributed by atoms with Crippen LogP contribution in [0.5, 0.6) is 0 Å². The van der Waals surface area contributed by atoms with Gasteiger partial charge in [-0.15, -0.1) is 0 Å². The highest BCUT2D eigenvalue weighted by Gasteiger charge is 2.19. The van der Waals surface area contributed by atoms with Crippen molar-refractivity contribution in [2.45, 2.75) is 32.6 Å². The summed E-state index contributed by atoms with van der Waals surface area (Å²) in [6.07, 6.45) is 2.33. The molecule has 2 heterocycles. The molecule has 2 aromatic heterocycles. The van der Waals surface area contributed by atoms with E-state index in [0.29, 0.717) is 18.9 Å². The number of aromatic nitrogens is 3. The first-order valence-electron chi connectivity index (χ1n) is 7.70. The predicted molar refractivity (Wildman–Crippen MR) is 92.7 cm³/mol. The Morgan fingerprint density at radius 3 is 2.58 bits per heavy atom. The Bertz CT molecular complexity index is 805. The van der Waals surface area contributed by atoms with E-state index < -0.39 is 0 Å². The van der Waals surface area contributed by atoms with Crippen LogP contribution in [0.4, 0.5) is 9.52 Å². The minimum absolute atomic E-state index is 0.0490. The molecule has 24 heavy (non-hydrogen) atoms. The van der Waals surface area contributed by atoms with Gasteiger partial charge in [-0.2, -0.15) is 4.37 Å². The zero-order chi connectivity index (χ0) is 17.2. The van der Waals surface area contributed by atoms with Gasteiger partial charge < -0.3 is 9.73 Å². The molecule has 3 aromatic rings. The maximum absolute atomic E-state index is 12.9. The monoisotopic (exact) mass is 346 g/mol. The van der Waals surface area contributed by atoms with Gasteiger partial charge in [-0.3, -0.25) is 0 Å². The second kappa shape index (κ2) is 6.68. The fourth-order valence-electron chi connectivity index (χ4n) is 2.04. The highest BCUT2D eigenvalue weighted by Crippen LogP contribution is 2.23. The number of halogens is 1. The summed E-state index contributed by atoms with van der Waals surface area (Å²) >= 11 is 1.36. The van der Waals surface area contributed by atoms with Gasteiger partial charge in [0, 0.05) is 35.5 Å². The summed E-state index contributed by atoms with van der Waals surface area (Å²) in [7, 11) is 0. The van der Waals surface area contributed by atoms with Gasteiger partial charge in [0.15, 0.2) is 0 Å². The molecule has 0 amide bonds. The van der Waals surface area contributed by atoms with E-state index in [2.05, 4.69) is 40.4 Å². The average Bonchev–Trinajstić information content (AvgIpc) is 3.17. The summed E-state index contributed by atoms with van der Waals surface area (Å²) in [5.74, 6) is 1.06. The third-order valence-corrected chi connectivity index (χ3v) is 4.07. The molecule has 0 aliphatic carbocycles. The molecule has 126 valence electrons.